The highest BCUT2D eigenvalue weighted by molar-refractivity contribution is 7.92. The van der Waals surface area contributed by atoms with Crippen LogP contribution in [0.5, 0.6) is 5.75 Å². The maximum Gasteiger partial charge on any atom is 0.417 e. The molecule has 0 radical (unpaired) electrons. The van der Waals surface area contributed by atoms with E-state index in [0.717, 1.165) is 12.1 Å². The number of benzene rings is 3. The zero-order valence-electron chi connectivity index (χ0n) is 19.9. The number of hydrogen-bond acceptors (Lipinski definition) is 5. The minimum atomic E-state index is -4.72. The molecule has 0 aliphatic carbocycles. The summed E-state index contributed by atoms with van der Waals surface area (Å²) in [7, 11) is -2.66. The zero-order chi connectivity index (χ0) is 26.5. The van der Waals surface area contributed by atoms with E-state index in [2.05, 4.69) is 10.0 Å². The van der Waals surface area contributed by atoms with Crippen LogP contribution in [0, 0.1) is 0 Å². The van der Waals surface area contributed by atoms with Gasteiger partial charge in [-0.25, -0.2) is 8.42 Å². The molecule has 3 aromatic carbocycles. The number of rotatable bonds is 9. The number of ether oxygens (including phenoxy) is 1. The Morgan fingerprint density at radius 1 is 0.944 bits per heavy atom. The van der Waals surface area contributed by atoms with Gasteiger partial charge in [0.05, 0.1) is 23.9 Å². The second-order valence-electron chi connectivity index (χ2n) is 7.69. The summed E-state index contributed by atoms with van der Waals surface area (Å²) in [5.74, 6) is -0.462. The van der Waals surface area contributed by atoms with E-state index in [1.54, 1.807) is 12.1 Å². The molecule has 2 N–H and O–H groups in total. The quantitative estimate of drug-likeness (QED) is 0.382. The molecule has 0 heterocycles. The minimum Gasteiger partial charge on any atom is -0.497 e. The molecular formula is C25H26F3N3O4S. The van der Waals surface area contributed by atoms with Gasteiger partial charge in [0.25, 0.3) is 15.9 Å². The highest BCUT2D eigenvalue weighted by atomic mass is 32.2. The van der Waals surface area contributed by atoms with Crippen LogP contribution in [0.4, 0.5) is 30.2 Å². The molecule has 3 rings (SSSR count). The first-order valence-electron chi connectivity index (χ1n) is 11.0. The Balaban J connectivity index is 2.01. The summed E-state index contributed by atoms with van der Waals surface area (Å²) in [6.07, 6.45) is -4.72. The number of amides is 1. The largest absolute Gasteiger partial charge is 0.497 e. The van der Waals surface area contributed by atoms with Gasteiger partial charge in [0.2, 0.25) is 0 Å². The maximum absolute atomic E-state index is 13.4. The minimum absolute atomic E-state index is 0.0305. The van der Waals surface area contributed by atoms with Gasteiger partial charge in [-0.1, -0.05) is 12.1 Å². The van der Waals surface area contributed by atoms with Crippen LogP contribution in [0.1, 0.15) is 29.8 Å². The van der Waals surface area contributed by atoms with Crippen molar-refractivity contribution >= 4 is 33.0 Å². The van der Waals surface area contributed by atoms with E-state index in [9.17, 15) is 26.4 Å². The van der Waals surface area contributed by atoms with E-state index in [1.807, 2.05) is 18.7 Å². The first kappa shape index (κ1) is 26.9. The van der Waals surface area contributed by atoms with E-state index in [4.69, 9.17) is 4.74 Å². The lowest BCUT2D eigenvalue weighted by Gasteiger charge is -2.25. The van der Waals surface area contributed by atoms with Crippen molar-refractivity contribution in [2.45, 2.75) is 24.9 Å². The molecule has 7 nitrogen and oxygen atoms in total. The molecule has 0 bridgehead atoms. The Bertz CT molecular complexity index is 1320. The van der Waals surface area contributed by atoms with Gasteiger partial charge in [-0.05, 0) is 68.4 Å². The number of sulfonamides is 1. The monoisotopic (exact) mass is 521 g/mol. The molecule has 0 aromatic heterocycles. The standard InChI is InChI=1S/C25H26F3N3O4S/c1-4-31(5-2)22-15-12-18(29-24(32)20-8-6-7-9-21(20)25(26,27)28)16-23(22)36(33,34)30-17-10-13-19(35-3)14-11-17/h6-16,30H,4-5H2,1-3H3,(H,29,32). The number of alkyl halides is 3. The van der Waals surface area contributed by atoms with Crippen LogP contribution in [0.3, 0.4) is 0 Å². The second kappa shape index (κ2) is 10.9. The topological polar surface area (TPSA) is 87.7 Å². The SMILES string of the molecule is CCN(CC)c1ccc(NC(=O)c2ccccc2C(F)(F)F)cc1S(=O)(=O)Nc1ccc(OC)cc1. The number of hydrogen-bond donors (Lipinski definition) is 2. The third kappa shape index (κ3) is 6.09. The van der Waals surface area contributed by atoms with Crippen LogP contribution in [0.15, 0.2) is 71.6 Å². The molecule has 0 saturated heterocycles. The van der Waals surface area contributed by atoms with Crippen molar-refractivity contribution in [2.75, 3.05) is 35.1 Å². The lowest BCUT2D eigenvalue weighted by molar-refractivity contribution is -0.137. The smallest absolute Gasteiger partial charge is 0.417 e. The molecule has 0 unspecified atom stereocenters. The van der Waals surface area contributed by atoms with Gasteiger partial charge in [0.15, 0.2) is 0 Å². The van der Waals surface area contributed by atoms with E-state index in [-0.39, 0.29) is 16.3 Å². The number of nitrogens with one attached hydrogen (secondary N) is 2. The lowest BCUT2D eigenvalue weighted by Crippen LogP contribution is -2.26. The number of nitrogens with zero attached hydrogens (tertiary/aromatic N) is 1. The lowest BCUT2D eigenvalue weighted by atomic mass is 10.1. The Hall–Kier alpha value is -3.73. The predicted molar refractivity (Wildman–Crippen MR) is 133 cm³/mol. The fourth-order valence-corrected chi connectivity index (χ4v) is 4.94. The molecule has 36 heavy (non-hydrogen) atoms. The Kier molecular flexibility index (Phi) is 8.13. The van der Waals surface area contributed by atoms with Gasteiger partial charge in [-0.15, -0.1) is 0 Å². The molecule has 0 aliphatic heterocycles. The Labute approximate surface area is 207 Å². The molecule has 0 fully saturated rings. The first-order valence-corrected chi connectivity index (χ1v) is 12.5. The van der Waals surface area contributed by atoms with Crippen LogP contribution in [-0.2, 0) is 16.2 Å². The normalized spacial score (nSPS) is 11.6. The fraction of sp³-hybridized carbons (Fsp3) is 0.240. The van der Waals surface area contributed by atoms with Gasteiger partial charge in [0, 0.05) is 24.5 Å². The Morgan fingerprint density at radius 2 is 1.56 bits per heavy atom. The van der Waals surface area contributed by atoms with Gasteiger partial charge in [-0.3, -0.25) is 9.52 Å². The maximum atomic E-state index is 13.4. The van der Waals surface area contributed by atoms with Crippen LogP contribution in [-0.4, -0.2) is 34.5 Å². The van der Waals surface area contributed by atoms with Crippen LogP contribution in [0.25, 0.3) is 0 Å². The summed E-state index contributed by atoms with van der Waals surface area (Å²) in [6, 6.07) is 14.8. The highest BCUT2D eigenvalue weighted by Gasteiger charge is 2.35. The fourth-order valence-electron chi connectivity index (χ4n) is 3.63. The molecule has 0 saturated carbocycles. The number of carbonyl (C=O) groups excluding carboxylic acids is 1. The molecule has 0 aliphatic rings. The first-order chi connectivity index (χ1) is 17.0. The third-order valence-electron chi connectivity index (χ3n) is 5.43. The third-order valence-corrected chi connectivity index (χ3v) is 6.84. The van der Waals surface area contributed by atoms with E-state index in [1.165, 1.54) is 49.6 Å². The van der Waals surface area contributed by atoms with Crippen molar-refractivity contribution in [3.63, 3.8) is 0 Å². The van der Waals surface area contributed by atoms with Crippen molar-refractivity contribution in [3.8, 4) is 5.75 Å². The average Bonchev–Trinajstić information content (AvgIpc) is 2.85. The number of methoxy groups -OCH3 is 1. The van der Waals surface area contributed by atoms with Crippen LogP contribution >= 0.6 is 0 Å². The molecule has 11 heteroatoms. The predicted octanol–water partition coefficient (Wildman–Crippen LogP) is 5.61. The van der Waals surface area contributed by atoms with Crippen molar-refractivity contribution < 1.29 is 31.1 Å². The molecule has 0 atom stereocenters. The number of anilines is 3. The van der Waals surface area contributed by atoms with Gasteiger partial charge >= 0.3 is 6.18 Å². The summed E-state index contributed by atoms with van der Waals surface area (Å²) in [4.78, 5) is 14.4. The van der Waals surface area contributed by atoms with Gasteiger partial charge < -0.3 is 15.0 Å². The average molecular weight is 522 g/mol. The summed E-state index contributed by atoms with van der Waals surface area (Å²) >= 11 is 0. The summed E-state index contributed by atoms with van der Waals surface area (Å²) in [6.45, 7) is 4.74. The van der Waals surface area contributed by atoms with Gasteiger partial charge in [0.1, 0.15) is 10.6 Å². The molecule has 3 aromatic rings. The molecule has 0 spiro atoms. The van der Waals surface area contributed by atoms with E-state index in [0.29, 0.717) is 24.5 Å². The van der Waals surface area contributed by atoms with Gasteiger partial charge in [-0.2, -0.15) is 13.2 Å². The summed E-state index contributed by atoms with van der Waals surface area (Å²) < 4.78 is 74.4. The molecule has 1 amide bonds. The van der Waals surface area contributed by atoms with Crippen LogP contribution < -0.4 is 19.7 Å². The highest BCUT2D eigenvalue weighted by Crippen LogP contribution is 2.33. The van der Waals surface area contributed by atoms with E-state index >= 15 is 0 Å². The van der Waals surface area contributed by atoms with E-state index < -0.39 is 33.2 Å². The second-order valence-corrected chi connectivity index (χ2v) is 9.34. The zero-order valence-corrected chi connectivity index (χ0v) is 20.7. The van der Waals surface area contributed by atoms with Crippen molar-refractivity contribution in [1.82, 2.24) is 0 Å². The molecular weight excluding hydrogens is 495 g/mol. The summed E-state index contributed by atoms with van der Waals surface area (Å²) in [5, 5.41) is 2.40. The van der Waals surface area contributed by atoms with Crippen molar-refractivity contribution in [1.29, 1.82) is 0 Å². The van der Waals surface area contributed by atoms with Crippen LogP contribution in [0.2, 0.25) is 0 Å². The Morgan fingerprint density at radius 3 is 2.14 bits per heavy atom. The van der Waals surface area contributed by atoms with Crippen molar-refractivity contribution in [2.24, 2.45) is 0 Å². The number of halogens is 3. The number of carbonyl (C=O) groups is 1. The van der Waals surface area contributed by atoms with Crippen molar-refractivity contribution in [3.05, 3.63) is 77.9 Å². The summed E-state index contributed by atoms with van der Waals surface area (Å²) in [5.41, 5.74) is -0.956. The molecule has 192 valence electrons.